The molecule has 116 valence electrons. The molecule has 1 aromatic carbocycles. The van der Waals surface area contributed by atoms with E-state index < -0.39 is 23.0 Å². The summed E-state index contributed by atoms with van der Waals surface area (Å²) in [7, 11) is 1.52. The zero-order valence-electron chi connectivity index (χ0n) is 12.1. The molecule has 0 aliphatic heterocycles. The predicted octanol–water partition coefficient (Wildman–Crippen LogP) is 2.21. The highest BCUT2D eigenvalue weighted by molar-refractivity contribution is 6.31. The molecule has 1 rings (SSSR count). The van der Waals surface area contributed by atoms with Crippen molar-refractivity contribution in [2.75, 3.05) is 25.6 Å². The van der Waals surface area contributed by atoms with Gasteiger partial charge in [0.05, 0.1) is 11.6 Å². The molecule has 0 aliphatic rings. The Morgan fingerprint density at radius 2 is 2.00 bits per heavy atom. The van der Waals surface area contributed by atoms with E-state index in [1.54, 1.807) is 0 Å². The van der Waals surface area contributed by atoms with E-state index in [1.807, 2.05) is 0 Å². The standard InChI is InChI=1S/C14H18ClFN2O3/c1-14(2,12(19)17-6-7-21-3)13(20)18-9-4-5-11(16)10(15)8-9/h4-5,8H,6-7H2,1-3H3,(H,17,19)(H,18,20). The van der Waals surface area contributed by atoms with Crippen LogP contribution in [-0.4, -0.2) is 32.1 Å². The Hall–Kier alpha value is -1.66. The van der Waals surface area contributed by atoms with Gasteiger partial charge in [0.15, 0.2) is 0 Å². The summed E-state index contributed by atoms with van der Waals surface area (Å²) in [4.78, 5) is 24.1. The number of hydrogen-bond donors (Lipinski definition) is 2. The lowest BCUT2D eigenvalue weighted by Gasteiger charge is -2.22. The molecule has 0 unspecified atom stereocenters. The smallest absolute Gasteiger partial charge is 0.239 e. The lowest BCUT2D eigenvalue weighted by Crippen LogP contribution is -2.45. The number of nitrogens with one attached hydrogen (secondary N) is 2. The van der Waals surface area contributed by atoms with Crippen molar-refractivity contribution in [3.05, 3.63) is 29.0 Å². The van der Waals surface area contributed by atoms with Crippen LogP contribution in [0.2, 0.25) is 5.02 Å². The minimum absolute atomic E-state index is 0.102. The molecule has 7 heteroatoms. The average molecular weight is 317 g/mol. The second-order valence-corrected chi connectivity index (χ2v) is 5.36. The van der Waals surface area contributed by atoms with E-state index >= 15 is 0 Å². The SMILES string of the molecule is COCCNC(=O)C(C)(C)C(=O)Nc1ccc(F)c(Cl)c1. The second kappa shape index (κ2) is 7.38. The maximum Gasteiger partial charge on any atom is 0.239 e. The lowest BCUT2D eigenvalue weighted by atomic mass is 9.91. The number of anilines is 1. The van der Waals surface area contributed by atoms with Gasteiger partial charge in [0.1, 0.15) is 11.2 Å². The van der Waals surface area contributed by atoms with Gasteiger partial charge >= 0.3 is 0 Å². The molecule has 0 aliphatic carbocycles. The van der Waals surface area contributed by atoms with Crippen LogP contribution in [-0.2, 0) is 14.3 Å². The molecule has 0 spiro atoms. The van der Waals surface area contributed by atoms with Crippen molar-refractivity contribution in [3.8, 4) is 0 Å². The van der Waals surface area contributed by atoms with Crippen molar-refractivity contribution in [2.24, 2.45) is 5.41 Å². The van der Waals surface area contributed by atoms with E-state index in [2.05, 4.69) is 10.6 Å². The number of amides is 2. The predicted molar refractivity (Wildman–Crippen MR) is 78.7 cm³/mol. The fourth-order valence-electron chi connectivity index (χ4n) is 1.45. The highest BCUT2D eigenvalue weighted by atomic mass is 35.5. The number of hydrogen-bond acceptors (Lipinski definition) is 3. The van der Waals surface area contributed by atoms with E-state index in [0.717, 1.165) is 6.07 Å². The van der Waals surface area contributed by atoms with Gasteiger partial charge in [0, 0.05) is 19.3 Å². The van der Waals surface area contributed by atoms with E-state index in [0.29, 0.717) is 18.8 Å². The summed E-state index contributed by atoms with van der Waals surface area (Å²) in [6, 6.07) is 3.80. The van der Waals surface area contributed by atoms with Crippen LogP contribution in [0, 0.1) is 11.2 Å². The lowest BCUT2D eigenvalue weighted by molar-refractivity contribution is -0.138. The first-order valence-corrected chi connectivity index (χ1v) is 6.70. The van der Waals surface area contributed by atoms with Crippen LogP contribution in [0.15, 0.2) is 18.2 Å². The number of halogens is 2. The number of ether oxygens (including phenoxy) is 1. The monoisotopic (exact) mass is 316 g/mol. The normalized spacial score (nSPS) is 11.1. The van der Waals surface area contributed by atoms with Crippen LogP contribution >= 0.6 is 11.6 Å². The number of rotatable bonds is 6. The van der Waals surface area contributed by atoms with Gasteiger partial charge in [-0.05, 0) is 32.0 Å². The first kappa shape index (κ1) is 17.4. The van der Waals surface area contributed by atoms with E-state index in [-0.39, 0.29) is 5.02 Å². The van der Waals surface area contributed by atoms with Crippen molar-refractivity contribution in [1.29, 1.82) is 0 Å². The minimum atomic E-state index is -1.28. The zero-order valence-corrected chi connectivity index (χ0v) is 12.9. The third-order valence-electron chi connectivity index (χ3n) is 2.90. The molecular formula is C14H18ClFN2O3. The molecule has 0 saturated heterocycles. The number of carbonyl (C=O) groups is 2. The van der Waals surface area contributed by atoms with Gasteiger partial charge in [0.25, 0.3) is 0 Å². The fraction of sp³-hybridized carbons (Fsp3) is 0.429. The first-order valence-electron chi connectivity index (χ1n) is 6.32. The van der Waals surface area contributed by atoms with Crippen molar-refractivity contribution in [3.63, 3.8) is 0 Å². The summed E-state index contributed by atoms with van der Waals surface area (Å²) in [6.07, 6.45) is 0. The van der Waals surface area contributed by atoms with Gasteiger partial charge in [0.2, 0.25) is 11.8 Å². The fourth-order valence-corrected chi connectivity index (χ4v) is 1.63. The molecule has 0 fully saturated rings. The molecule has 0 heterocycles. The van der Waals surface area contributed by atoms with Crippen LogP contribution in [0.1, 0.15) is 13.8 Å². The zero-order chi connectivity index (χ0) is 16.0. The summed E-state index contributed by atoms with van der Waals surface area (Å²) in [6.45, 7) is 3.66. The van der Waals surface area contributed by atoms with Gasteiger partial charge < -0.3 is 15.4 Å². The molecule has 5 nitrogen and oxygen atoms in total. The van der Waals surface area contributed by atoms with Crippen molar-refractivity contribution >= 4 is 29.1 Å². The topological polar surface area (TPSA) is 67.4 Å². The molecule has 2 amide bonds. The molecule has 0 radical (unpaired) electrons. The third kappa shape index (κ3) is 4.68. The number of methoxy groups -OCH3 is 1. The number of carbonyl (C=O) groups excluding carboxylic acids is 2. The Labute approximate surface area is 127 Å². The quantitative estimate of drug-likeness (QED) is 0.624. The second-order valence-electron chi connectivity index (χ2n) is 4.96. The van der Waals surface area contributed by atoms with Gasteiger partial charge in [-0.15, -0.1) is 0 Å². The Kier molecular flexibility index (Phi) is 6.11. The van der Waals surface area contributed by atoms with Crippen molar-refractivity contribution in [2.45, 2.75) is 13.8 Å². The van der Waals surface area contributed by atoms with Gasteiger partial charge in [-0.2, -0.15) is 0 Å². The van der Waals surface area contributed by atoms with Crippen LogP contribution in [0.3, 0.4) is 0 Å². The van der Waals surface area contributed by atoms with E-state index in [9.17, 15) is 14.0 Å². The highest BCUT2D eigenvalue weighted by Crippen LogP contribution is 2.22. The Morgan fingerprint density at radius 1 is 1.33 bits per heavy atom. The summed E-state index contributed by atoms with van der Waals surface area (Å²) in [5.41, 5.74) is -0.960. The molecule has 0 saturated carbocycles. The van der Waals surface area contributed by atoms with Gasteiger partial charge in [-0.3, -0.25) is 9.59 Å². The maximum absolute atomic E-state index is 13.1. The van der Waals surface area contributed by atoms with E-state index in [1.165, 1.54) is 33.1 Å². The Balaban J connectivity index is 2.71. The van der Waals surface area contributed by atoms with E-state index in [4.69, 9.17) is 16.3 Å². The highest BCUT2D eigenvalue weighted by Gasteiger charge is 2.35. The Bertz CT molecular complexity index is 535. The molecule has 21 heavy (non-hydrogen) atoms. The molecule has 2 N–H and O–H groups in total. The van der Waals surface area contributed by atoms with Crippen LogP contribution in [0.25, 0.3) is 0 Å². The molecule has 0 aromatic heterocycles. The molecule has 0 bridgehead atoms. The Morgan fingerprint density at radius 3 is 2.57 bits per heavy atom. The van der Waals surface area contributed by atoms with Crippen LogP contribution in [0.4, 0.5) is 10.1 Å². The van der Waals surface area contributed by atoms with Crippen LogP contribution in [0.5, 0.6) is 0 Å². The van der Waals surface area contributed by atoms with Gasteiger partial charge in [-0.1, -0.05) is 11.6 Å². The summed E-state index contributed by atoms with van der Waals surface area (Å²) in [5.74, 6) is -1.52. The summed E-state index contributed by atoms with van der Waals surface area (Å²) in [5, 5.41) is 5.04. The molecular weight excluding hydrogens is 299 g/mol. The van der Waals surface area contributed by atoms with Gasteiger partial charge in [-0.25, -0.2) is 4.39 Å². The largest absolute Gasteiger partial charge is 0.383 e. The first-order chi connectivity index (χ1) is 9.78. The van der Waals surface area contributed by atoms with Crippen molar-refractivity contribution < 1.29 is 18.7 Å². The maximum atomic E-state index is 13.1. The molecule has 0 atom stereocenters. The third-order valence-corrected chi connectivity index (χ3v) is 3.19. The number of benzene rings is 1. The minimum Gasteiger partial charge on any atom is -0.383 e. The van der Waals surface area contributed by atoms with Crippen molar-refractivity contribution in [1.82, 2.24) is 5.32 Å². The average Bonchev–Trinajstić information content (AvgIpc) is 2.43. The summed E-state index contributed by atoms with van der Waals surface area (Å²) >= 11 is 5.64. The van der Waals surface area contributed by atoms with Crippen LogP contribution < -0.4 is 10.6 Å². The molecule has 1 aromatic rings. The summed E-state index contributed by atoms with van der Waals surface area (Å²) < 4.78 is 17.9.